The van der Waals surface area contributed by atoms with E-state index in [0.29, 0.717) is 0 Å². The van der Waals surface area contributed by atoms with Crippen LogP contribution >= 0.6 is 0 Å². The molecule has 1 N–H and O–H groups in total. The van der Waals surface area contributed by atoms with E-state index in [-0.39, 0.29) is 0 Å². The Hall–Kier alpha value is -0.0800. The molecule has 1 aliphatic heterocycles. The SMILES string of the molecule is CCCCN(CC(C)CC)CC1CCCN1. The van der Waals surface area contributed by atoms with Gasteiger partial charge in [0.1, 0.15) is 0 Å². The Morgan fingerprint density at radius 1 is 1.38 bits per heavy atom. The Labute approximate surface area is 102 Å². The third-order valence-corrected chi connectivity index (χ3v) is 3.74. The van der Waals surface area contributed by atoms with Gasteiger partial charge < -0.3 is 10.2 Å². The molecule has 0 spiro atoms. The van der Waals surface area contributed by atoms with Gasteiger partial charge in [-0.15, -0.1) is 0 Å². The average molecular weight is 226 g/mol. The number of hydrogen-bond acceptors (Lipinski definition) is 2. The van der Waals surface area contributed by atoms with Crippen LogP contribution in [0.4, 0.5) is 0 Å². The lowest BCUT2D eigenvalue weighted by Gasteiger charge is -2.28. The summed E-state index contributed by atoms with van der Waals surface area (Å²) in [5.74, 6) is 0.846. The highest BCUT2D eigenvalue weighted by Crippen LogP contribution is 2.11. The number of nitrogens with zero attached hydrogens (tertiary/aromatic N) is 1. The summed E-state index contributed by atoms with van der Waals surface area (Å²) in [7, 11) is 0. The molecule has 2 unspecified atom stereocenters. The van der Waals surface area contributed by atoms with Gasteiger partial charge in [-0.2, -0.15) is 0 Å². The van der Waals surface area contributed by atoms with Gasteiger partial charge in [0.05, 0.1) is 0 Å². The fraction of sp³-hybridized carbons (Fsp3) is 1.00. The maximum atomic E-state index is 3.61. The third kappa shape index (κ3) is 5.31. The van der Waals surface area contributed by atoms with Crippen LogP contribution < -0.4 is 5.32 Å². The molecule has 1 saturated heterocycles. The van der Waals surface area contributed by atoms with Gasteiger partial charge in [0.25, 0.3) is 0 Å². The van der Waals surface area contributed by atoms with Gasteiger partial charge in [0.2, 0.25) is 0 Å². The molecule has 1 aliphatic rings. The van der Waals surface area contributed by atoms with Crippen molar-refractivity contribution in [3.05, 3.63) is 0 Å². The first-order chi connectivity index (χ1) is 7.76. The summed E-state index contributed by atoms with van der Waals surface area (Å²) in [4.78, 5) is 2.68. The number of nitrogens with one attached hydrogen (secondary N) is 1. The van der Waals surface area contributed by atoms with Crippen LogP contribution in [-0.2, 0) is 0 Å². The van der Waals surface area contributed by atoms with Crippen LogP contribution in [0.2, 0.25) is 0 Å². The molecular formula is C14H30N2. The summed E-state index contributed by atoms with van der Waals surface area (Å²) < 4.78 is 0. The molecule has 1 fully saturated rings. The molecule has 2 heteroatoms. The fourth-order valence-electron chi connectivity index (χ4n) is 2.43. The number of hydrogen-bond donors (Lipinski definition) is 1. The van der Waals surface area contributed by atoms with Crippen LogP contribution in [0.25, 0.3) is 0 Å². The van der Waals surface area contributed by atoms with E-state index in [0.717, 1.165) is 12.0 Å². The van der Waals surface area contributed by atoms with E-state index < -0.39 is 0 Å². The van der Waals surface area contributed by atoms with Crippen molar-refractivity contribution in [1.29, 1.82) is 0 Å². The molecule has 1 heterocycles. The minimum atomic E-state index is 0.765. The molecule has 0 aliphatic carbocycles. The van der Waals surface area contributed by atoms with E-state index in [2.05, 4.69) is 31.0 Å². The molecule has 1 rings (SSSR count). The van der Waals surface area contributed by atoms with Gasteiger partial charge in [0.15, 0.2) is 0 Å². The molecule has 0 aromatic carbocycles. The second kappa shape index (κ2) is 8.08. The van der Waals surface area contributed by atoms with Crippen LogP contribution in [0, 0.1) is 5.92 Å². The van der Waals surface area contributed by atoms with Crippen molar-refractivity contribution in [3.63, 3.8) is 0 Å². The van der Waals surface area contributed by atoms with Gasteiger partial charge in [0, 0.05) is 19.1 Å². The van der Waals surface area contributed by atoms with E-state index in [1.165, 1.54) is 58.3 Å². The maximum absolute atomic E-state index is 3.61. The minimum Gasteiger partial charge on any atom is -0.313 e. The lowest BCUT2D eigenvalue weighted by molar-refractivity contribution is 0.213. The van der Waals surface area contributed by atoms with Crippen molar-refractivity contribution < 1.29 is 0 Å². The Balaban J connectivity index is 2.29. The quantitative estimate of drug-likeness (QED) is 0.684. The first-order valence-electron chi connectivity index (χ1n) is 7.22. The molecule has 0 aromatic heterocycles. The summed E-state index contributed by atoms with van der Waals surface area (Å²) in [6.45, 7) is 12.0. The van der Waals surface area contributed by atoms with Crippen molar-refractivity contribution >= 4 is 0 Å². The number of unbranched alkanes of at least 4 members (excludes halogenated alkanes) is 1. The van der Waals surface area contributed by atoms with Gasteiger partial charge >= 0.3 is 0 Å². The summed E-state index contributed by atoms with van der Waals surface area (Å²) in [6, 6.07) is 0.765. The van der Waals surface area contributed by atoms with Crippen molar-refractivity contribution in [2.75, 3.05) is 26.2 Å². The van der Waals surface area contributed by atoms with Crippen molar-refractivity contribution in [2.45, 2.75) is 58.9 Å². The van der Waals surface area contributed by atoms with E-state index in [4.69, 9.17) is 0 Å². The molecule has 2 atom stereocenters. The molecule has 96 valence electrons. The molecule has 2 nitrogen and oxygen atoms in total. The van der Waals surface area contributed by atoms with Crippen LogP contribution in [0.3, 0.4) is 0 Å². The van der Waals surface area contributed by atoms with E-state index >= 15 is 0 Å². The topological polar surface area (TPSA) is 15.3 Å². The summed E-state index contributed by atoms with van der Waals surface area (Å²) in [5.41, 5.74) is 0. The second-order valence-corrected chi connectivity index (χ2v) is 5.42. The van der Waals surface area contributed by atoms with Gasteiger partial charge in [-0.3, -0.25) is 0 Å². The van der Waals surface area contributed by atoms with Crippen LogP contribution in [-0.4, -0.2) is 37.1 Å². The molecule has 0 saturated carbocycles. The second-order valence-electron chi connectivity index (χ2n) is 5.42. The van der Waals surface area contributed by atoms with Crippen LogP contribution in [0.5, 0.6) is 0 Å². The predicted molar refractivity (Wildman–Crippen MR) is 71.8 cm³/mol. The molecule has 0 bridgehead atoms. The Morgan fingerprint density at radius 3 is 2.75 bits per heavy atom. The fourth-order valence-corrected chi connectivity index (χ4v) is 2.43. The zero-order valence-corrected chi connectivity index (χ0v) is 11.5. The van der Waals surface area contributed by atoms with Gasteiger partial charge in [-0.1, -0.05) is 33.6 Å². The third-order valence-electron chi connectivity index (χ3n) is 3.74. The Kier molecular flexibility index (Phi) is 7.06. The minimum absolute atomic E-state index is 0.765. The highest BCUT2D eigenvalue weighted by Gasteiger charge is 2.18. The van der Waals surface area contributed by atoms with E-state index in [9.17, 15) is 0 Å². The lowest BCUT2D eigenvalue weighted by atomic mass is 10.1. The van der Waals surface area contributed by atoms with Crippen molar-refractivity contribution in [3.8, 4) is 0 Å². The largest absolute Gasteiger partial charge is 0.313 e. The predicted octanol–water partition coefficient (Wildman–Crippen LogP) is 2.89. The van der Waals surface area contributed by atoms with Gasteiger partial charge in [-0.05, 0) is 38.3 Å². The van der Waals surface area contributed by atoms with Crippen molar-refractivity contribution in [2.24, 2.45) is 5.92 Å². The monoisotopic (exact) mass is 226 g/mol. The van der Waals surface area contributed by atoms with E-state index in [1.54, 1.807) is 0 Å². The normalized spacial score (nSPS) is 22.9. The molecule has 0 amide bonds. The smallest absolute Gasteiger partial charge is 0.0195 e. The summed E-state index contributed by atoms with van der Waals surface area (Å²) >= 11 is 0. The van der Waals surface area contributed by atoms with Gasteiger partial charge in [-0.25, -0.2) is 0 Å². The zero-order chi connectivity index (χ0) is 11.8. The van der Waals surface area contributed by atoms with Crippen LogP contribution in [0.15, 0.2) is 0 Å². The zero-order valence-electron chi connectivity index (χ0n) is 11.5. The first kappa shape index (κ1) is 14.0. The first-order valence-corrected chi connectivity index (χ1v) is 7.22. The average Bonchev–Trinajstić information content (AvgIpc) is 2.78. The van der Waals surface area contributed by atoms with Crippen molar-refractivity contribution in [1.82, 2.24) is 10.2 Å². The summed E-state index contributed by atoms with van der Waals surface area (Å²) in [6.07, 6.45) is 6.72. The summed E-state index contributed by atoms with van der Waals surface area (Å²) in [5, 5.41) is 3.61. The highest BCUT2D eigenvalue weighted by molar-refractivity contribution is 4.78. The maximum Gasteiger partial charge on any atom is 0.0195 e. The Morgan fingerprint density at radius 2 is 2.19 bits per heavy atom. The molecule has 0 aromatic rings. The number of rotatable bonds is 8. The molecular weight excluding hydrogens is 196 g/mol. The molecule has 16 heavy (non-hydrogen) atoms. The Bertz CT molecular complexity index is 164. The highest BCUT2D eigenvalue weighted by atomic mass is 15.2. The van der Waals surface area contributed by atoms with E-state index in [1.807, 2.05) is 0 Å². The standard InChI is InChI=1S/C14H30N2/c1-4-6-10-16(11-13(3)5-2)12-14-8-7-9-15-14/h13-15H,4-12H2,1-3H3. The molecule has 0 radical (unpaired) electrons. The lowest BCUT2D eigenvalue weighted by Crippen LogP contribution is -2.40. The van der Waals surface area contributed by atoms with Crippen LogP contribution in [0.1, 0.15) is 52.9 Å².